The van der Waals surface area contributed by atoms with Gasteiger partial charge in [0.05, 0.1) is 31.8 Å². The van der Waals surface area contributed by atoms with E-state index in [1.54, 1.807) is 32.4 Å². The molecule has 1 amide bonds. The highest BCUT2D eigenvalue weighted by atomic mass is 16.5. The van der Waals surface area contributed by atoms with Gasteiger partial charge in [-0.3, -0.25) is 4.79 Å². The number of nitrogens with one attached hydrogen (secondary N) is 1. The van der Waals surface area contributed by atoms with Gasteiger partial charge in [-0.05, 0) is 18.2 Å². The number of carbonyl (C=O) groups excluding carboxylic acids is 1. The van der Waals surface area contributed by atoms with Gasteiger partial charge in [0.25, 0.3) is 0 Å². The second-order valence-electron chi connectivity index (χ2n) is 7.00. The SMILES string of the molecule is COc1ccc(/C=N\NC(=O)c2nc(-c3ccccc3)cc(-c3ccccc3)n2)c(OC)c1. The average Bonchev–Trinajstić information content (AvgIpc) is 2.89. The van der Waals surface area contributed by atoms with E-state index >= 15 is 0 Å². The van der Waals surface area contributed by atoms with Gasteiger partial charge in [0.15, 0.2) is 0 Å². The quantitative estimate of drug-likeness (QED) is 0.337. The Balaban J connectivity index is 1.62. The molecule has 4 rings (SSSR count). The Bertz CT molecular complexity index is 1220. The molecule has 164 valence electrons. The summed E-state index contributed by atoms with van der Waals surface area (Å²) in [6.07, 6.45) is 1.50. The third-order valence-corrected chi connectivity index (χ3v) is 4.88. The molecule has 4 aromatic rings. The predicted molar refractivity (Wildman–Crippen MR) is 128 cm³/mol. The molecule has 0 fully saturated rings. The van der Waals surface area contributed by atoms with Crippen LogP contribution in [0.2, 0.25) is 0 Å². The van der Waals surface area contributed by atoms with Gasteiger partial charge in [-0.2, -0.15) is 5.10 Å². The van der Waals surface area contributed by atoms with Crippen molar-refractivity contribution in [3.8, 4) is 34.0 Å². The fourth-order valence-corrected chi connectivity index (χ4v) is 3.20. The minimum absolute atomic E-state index is 0.0223. The zero-order chi connectivity index (χ0) is 23.0. The maximum absolute atomic E-state index is 12.9. The van der Waals surface area contributed by atoms with Crippen LogP contribution < -0.4 is 14.9 Å². The average molecular weight is 438 g/mol. The van der Waals surface area contributed by atoms with Crippen LogP contribution in [-0.2, 0) is 0 Å². The molecule has 0 aliphatic rings. The number of methoxy groups -OCH3 is 2. The van der Waals surface area contributed by atoms with Crippen molar-refractivity contribution >= 4 is 12.1 Å². The molecule has 1 N–H and O–H groups in total. The summed E-state index contributed by atoms with van der Waals surface area (Å²) in [5.74, 6) is 0.733. The number of hydrogen-bond donors (Lipinski definition) is 1. The summed E-state index contributed by atoms with van der Waals surface area (Å²) in [6, 6.07) is 26.5. The molecular weight excluding hydrogens is 416 g/mol. The summed E-state index contributed by atoms with van der Waals surface area (Å²) in [4.78, 5) is 21.8. The van der Waals surface area contributed by atoms with Crippen molar-refractivity contribution in [3.05, 3.63) is 96.3 Å². The van der Waals surface area contributed by atoms with Crippen molar-refractivity contribution < 1.29 is 14.3 Å². The van der Waals surface area contributed by atoms with E-state index in [-0.39, 0.29) is 5.82 Å². The van der Waals surface area contributed by atoms with Gasteiger partial charge in [0.2, 0.25) is 5.82 Å². The Hall–Kier alpha value is -4.52. The monoisotopic (exact) mass is 438 g/mol. The standard InChI is InChI=1S/C26H22N4O3/c1-32-21-14-13-20(24(15-21)33-2)17-27-30-26(31)25-28-22(18-9-5-3-6-10-18)16-23(29-25)19-11-7-4-8-12-19/h3-17H,1-2H3,(H,30,31)/b27-17-. The van der Waals surface area contributed by atoms with Gasteiger partial charge in [-0.15, -0.1) is 0 Å². The smallest absolute Gasteiger partial charge is 0.309 e. The van der Waals surface area contributed by atoms with Crippen LogP contribution in [-0.4, -0.2) is 36.3 Å². The summed E-state index contributed by atoms with van der Waals surface area (Å²) >= 11 is 0. The molecule has 7 heteroatoms. The molecule has 0 bridgehead atoms. The summed E-state index contributed by atoms with van der Waals surface area (Å²) in [6.45, 7) is 0. The zero-order valence-corrected chi connectivity index (χ0v) is 18.2. The zero-order valence-electron chi connectivity index (χ0n) is 18.2. The topological polar surface area (TPSA) is 85.7 Å². The molecule has 0 atom stereocenters. The van der Waals surface area contributed by atoms with E-state index in [1.165, 1.54) is 6.21 Å². The molecule has 0 saturated heterocycles. The van der Waals surface area contributed by atoms with Crippen LogP contribution in [0.4, 0.5) is 0 Å². The number of ether oxygens (including phenoxy) is 2. The van der Waals surface area contributed by atoms with Crippen LogP contribution in [0.25, 0.3) is 22.5 Å². The second kappa shape index (κ2) is 10.2. The molecule has 1 heterocycles. The van der Waals surface area contributed by atoms with Crippen LogP contribution in [0.3, 0.4) is 0 Å². The molecule has 0 unspecified atom stereocenters. The Morgan fingerprint density at radius 2 is 1.42 bits per heavy atom. The minimum atomic E-state index is -0.520. The molecule has 3 aromatic carbocycles. The molecule has 1 aromatic heterocycles. The van der Waals surface area contributed by atoms with E-state index in [4.69, 9.17) is 9.47 Å². The fourth-order valence-electron chi connectivity index (χ4n) is 3.20. The lowest BCUT2D eigenvalue weighted by atomic mass is 10.1. The first kappa shape index (κ1) is 21.7. The Morgan fingerprint density at radius 1 is 0.818 bits per heavy atom. The largest absolute Gasteiger partial charge is 0.497 e. The number of aromatic nitrogens is 2. The molecule has 0 aliphatic carbocycles. The van der Waals surface area contributed by atoms with Crippen molar-refractivity contribution in [1.29, 1.82) is 0 Å². The van der Waals surface area contributed by atoms with Gasteiger partial charge in [-0.1, -0.05) is 60.7 Å². The van der Waals surface area contributed by atoms with Crippen LogP contribution >= 0.6 is 0 Å². The van der Waals surface area contributed by atoms with Gasteiger partial charge in [-0.25, -0.2) is 15.4 Å². The van der Waals surface area contributed by atoms with E-state index in [9.17, 15) is 4.79 Å². The highest BCUT2D eigenvalue weighted by Gasteiger charge is 2.14. The first-order chi connectivity index (χ1) is 16.2. The lowest BCUT2D eigenvalue weighted by Crippen LogP contribution is -2.21. The fraction of sp³-hybridized carbons (Fsp3) is 0.0769. The number of rotatable bonds is 7. The van der Waals surface area contributed by atoms with E-state index in [1.807, 2.05) is 66.7 Å². The van der Waals surface area contributed by atoms with Crippen LogP contribution in [0.15, 0.2) is 90.0 Å². The summed E-state index contributed by atoms with van der Waals surface area (Å²) < 4.78 is 10.5. The third-order valence-electron chi connectivity index (χ3n) is 4.88. The minimum Gasteiger partial charge on any atom is -0.497 e. The maximum Gasteiger partial charge on any atom is 0.309 e. The number of hydrazone groups is 1. The first-order valence-electron chi connectivity index (χ1n) is 10.2. The van der Waals surface area contributed by atoms with Crippen molar-refractivity contribution in [2.45, 2.75) is 0 Å². The lowest BCUT2D eigenvalue weighted by molar-refractivity contribution is 0.0945. The molecule has 7 nitrogen and oxygen atoms in total. The first-order valence-corrected chi connectivity index (χ1v) is 10.2. The summed E-state index contributed by atoms with van der Waals surface area (Å²) in [5, 5.41) is 4.06. The number of carbonyl (C=O) groups is 1. The summed E-state index contributed by atoms with van der Waals surface area (Å²) in [7, 11) is 3.13. The van der Waals surface area contributed by atoms with Crippen LogP contribution in [0.5, 0.6) is 11.5 Å². The van der Waals surface area contributed by atoms with Crippen molar-refractivity contribution in [2.75, 3.05) is 14.2 Å². The van der Waals surface area contributed by atoms with E-state index in [0.717, 1.165) is 11.1 Å². The van der Waals surface area contributed by atoms with Crippen molar-refractivity contribution in [3.63, 3.8) is 0 Å². The number of hydrogen-bond acceptors (Lipinski definition) is 6. The van der Waals surface area contributed by atoms with Gasteiger partial charge >= 0.3 is 5.91 Å². The molecular formula is C26H22N4O3. The molecule has 0 spiro atoms. The van der Waals surface area contributed by atoms with Crippen molar-refractivity contribution in [2.24, 2.45) is 5.10 Å². The lowest BCUT2D eigenvalue weighted by Gasteiger charge is -2.08. The maximum atomic E-state index is 12.9. The van der Waals surface area contributed by atoms with E-state index in [2.05, 4.69) is 20.5 Å². The molecule has 0 aliphatic heterocycles. The van der Waals surface area contributed by atoms with Crippen LogP contribution in [0.1, 0.15) is 16.2 Å². The number of amides is 1. The Labute approximate surface area is 191 Å². The Morgan fingerprint density at radius 3 is 1.97 bits per heavy atom. The predicted octanol–water partition coefficient (Wildman–Crippen LogP) is 4.59. The van der Waals surface area contributed by atoms with Crippen LogP contribution in [0, 0.1) is 0 Å². The Kier molecular flexibility index (Phi) is 6.70. The number of nitrogens with zero attached hydrogens (tertiary/aromatic N) is 3. The molecule has 0 saturated carbocycles. The van der Waals surface area contributed by atoms with Crippen molar-refractivity contribution in [1.82, 2.24) is 15.4 Å². The molecule has 0 radical (unpaired) electrons. The second-order valence-corrected chi connectivity index (χ2v) is 7.00. The highest BCUT2D eigenvalue weighted by molar-refractivity contribution is 5.93. The normalized spacial score (nSPS) is 10.7. The van der Waals surface area contributed by atoms with Gasteiger partial charge in [0, 0.05) is 22.8 Å². The molecule has 33 heavy (non-hydrogen) atoms. The van der Waals surface area contributed by atoms with E-state index < -0.39 is 5.91 Å². The van der Waals surface area contributed by atoms with Gasteiger partial charge in [0.1, 0.15) is 11.5 Å². The number of benzene rings is 3. The highest BCUT2D eigenvalue weighted by Crippen LogP contribution is 2.24. The third kappa shape index (κ3) is 5.22. The van der Waals surface area contributed by atoms with Gasteiger partial charge < -0.3 is 9.47 Å². The summed E-state index contributed by atoms with van der Waals surface area (Å²) in [5.41, 5.74) is 6.26. The van der Waals surface area contributed by atoms with E-state index in [0.29, 0.717) is 28.5 Å².